The van der Waals surface area contributed by atoms with E-state index < -0.39 is 0 Å². The predicted octanol–water partition coefficient (Wildman–Crippen LogP) is 2.92. The Hall–Kier alpha value is -1.30. The van der Waals surface area contributed by atoms with Gasteiger partial charge in [0.25, 0.3) is 0 Å². The molecule has 0 aliphatic carbocycles. The second-order valence-electron chi connectivity index (χ2n) is 5.73. The molecule has 136 valence electrons. The van der Waals surface area contributed by atoms with Crippen LogP contribution in [-0.2, 0) is 4.74 Å². The van der Waals surface area contributed by atoms with Crippen LogP contribution in [0.15, 0.2) is 29.3 Å². The molecular weight excluding hydrogens is 324 g/mol. The SMILES string of the molecule is CCNC(=NCC(c1ccc(Cl)cc1)N(C)C)NCCCOCC. The number of aliphatic imine (C=N–C) groups is 1. The Morgan fingerprint density at radius 2 is 1.92 bits per heavy atom. The Balaban J connectivity index is 2.64. The fourth-order valence-electron chi connectivity index (χ4n) is 2.30. The molecule has 1 unspecified atom stereocenters. The summed E-state index contributed by atoms with van der Waals surface area (Å²) in [5.41, 5.74) is 1.21. The zero-order chi connectivity index (χ0) is 17.8. The minimum atomic E-state index is 0.209. The smallest absolute Gasteiger partial charge is 0.191 e. The van der Waals surface area contributed by atoms with Gasteiger partial charge in [-0.2, -0.15) is 0 Å². The van der Waals surface area contributed by atoms with Crippen LogP contribution >= 0.6 is 11.6 Å². The number of hydrogen-bond donors (Lipinski definition) is 2. The Bertz CT molecular complexity index is 476. The first-order valence-electron chi connectivity index (χ1n) is 8.60. The number of nitrogens with zero attached hydrogens (tertiary/aromatic N) is 2. The second kappa shape index (κ2) is 12.1. The highest BCUT2D eigenvalue weighted by atomic mass is 35.5. The summed E-state index contributed by atoms with van der Waals surface area (Å²) in [6.45, 7) is 7.98. The molecule has 1 rings (SSSR count). The molecule has 0 radical (unpaired) electrons. The van der Waals surface area contributed by atoms with Gasteiger partial charge in [-0.1, -0.05) is 23.7 Å². The van der Waals surface area contributed by atoms with Crippen LogP contribution in [0.1, 0.15) is 31.9 Å². The third kappa shape index (κ3) is 7.99. The van der Waals surface area contributed by atoms with Gasteiger partial charge in [0.1, 0.15) is 0 Å². The molecule has 24 heavy (non-hydrogen) atoms. The molecule has 5 nitrogen and oxygen atoms in total. The molecule has 6 heteroatoms. The van der Waals surface area contributed by atoms with Crippen molar-refractivity contribution >= 4 is 17.6 Å². The number of likely N-dealkylation sites (N-methyl/N-ethyl adjacent to an activating group) is 1. The van der Waals surface area contributed by atoms with Crippen molar-refractivity contribution in [1.82, 2.24) is 15.5 Å². The van der Waals surface area contributed by atoms with Crippen molar-refractivity contribution in [3.63, 3.8) is 0 Å². The summed E-state index contributed by atoms with van der Waals surface area (Å²) in [5, 5.41) is 7.39. The Morgan fingerprint density at radius 1 is 1.21 bits per heavy atom. The third-order valence-electron chi connectivity index (χ3n) is 3.61. The van der Waals surface area contributed by atoms with Crippen LogP contribution < -0.4 is 10.6 Å². The lowest BCUT2D eigenvalue weighted by Crippen LogP contribution is -2.38. The third-order valence-corrected chi connectivity index (χ3v) is 3.86. The number of rotatable bonds is 10. The van der Waals surface area contributed by atoms with Gasteiger partial charge in [-0.05, 0) is 52.1 Å². The number of ether oxygens (including phenoxy) is 1. The monoisotopic (exact) mass is 354 g/mol. The quantitative estimate of drug-likeness (QED) is 0.385. The van der Waals surface area contributed by atoms with Gasteiger partial charge in [0.05, 0.1) is 12.6 Å². The van der Waals surface area contributed by atoms with Crippen molar-refractivity contribution in [3.05, 3.63) is 34.9 Å². The summed E-state index contributed by atoms with van der Waals surface area (Å²) in [4.78, 5) is 6.90. The zero-order valence-corrected chi connectivity index (χ0v) is 16.1. The molecule has 1 atom stereocenters. The highest BCUT2D eigenvalue weighted by molar-refractivity contribution is 6.30. The van der Waals surface area contributed by atoms with E-state index in [4.69, 9.17) is 21.3 Å². The molecule has 2 N–H and O–H groups in total. The molecule has 0 bridgehead atoms. The van der Waals surface area contributed by atoms with Crippen LogP contribution in [0.5, 0.6) is 0 Å². The fourth-order valence-corrected chi connectivity index (χ4v) is 2.42. The fraction of sp³-hybridized carbons (Fsp3) is 0.611. The van der Waals surface area contributed by atoms with Gasteiger partial charge in [-0.15, -0.1) is 0 Å². The van der Waals surface area contributed by atoms with E-state index >= 15 is 0 Å². The molecule has 0 heterocycles. The lowest BCUT2D eigenvalue weighted by molar-refractivity contribution is 0.145. The van der Waals surface area contributed by atoms with Crippen molar-refractivity contribution < 1.29 is 4.74 Å². The van der Waals surface area contributed by atoms with Gasteiger partial charge < -0.3 is 20.3 Å². The normalized spacial score (nSPS) is 13.2. The van der Waals surface area contributed by atoms with E-state index in [1.165, 1.54) is 5.56 Å². The van der Waals surface area contributed by atoms with E-state index in [1.807, 2.05) is 19.1 Å². The first-order valence-corrected chi connectivity index (χ1v) is 8.98. The largest absolute Gasteiger partial charge is 0.382 e. The van der Waals surface area contributed by atoms with Crippen molar-refractivity contribution in [2.24, 2.45) is 4.99 Å². The molecule has 0 amide bonds. The van der Waals surface area contributed by atoms with Gasteiger partial charge in [-0.3, -0.25) is 4.99 Å². The standard InChI is InChI=1S/C18H31ClN4O/c1-5-20-18(21-12-7-13-24-6-2)22-14-17(23(3)4)15-8-10-16(19)11-9-15/h8-11,17H,5-7,12-14H2,1-4H3,(H2,20,21,22). The van der Waals surface area contributed by atoms with Gasteiger partial charge >= 0.3 is 0 Å². The van der Waals surface area contributed by atoms with Gasteiger partial charge in [-0.25, -0.2) is 0 Å². The van der Waals surface area contributed by atoms with Gasteiger partial charge in [0.15, 0.2) is 5.96 Å². The Kier molecular flexibility index (Phi) is 10.5. The first-order chi connectivity index (χ1) is 11.6. The summed E-state index contributed by atoms with van der Waals surface area (Å²) in [6, 6.07) is 8.18. The average molecular weight is 355 g/mol. The van der Waals surface area contributed by atoms with Crippen LogP contribution in [0.3, 0.4) is 0 Å². The molecule has 1 aromatic carbocycles. The summed E-state index contributed by atoms with van der Waals surface area (Å²) in [5.74, 6) is 0.842. The van der Waals surface area contributed by atoms with Crippen molar-refractivity contribution in [1.29, 1.82) is 0 Å². The molecule has 0 aliphatic rings. The second-order valence-corrected chi connectivity index (χ2v) is 6.16. The number of benzene rings is 1. The molecular formula is C18H31ClN4O. The van der Waals surface area contributed by atoms with Crippen LogP contribution in [-0.4, -0.2) is 57.8 Å². The molecule has 0 spiro atoms. The summed E-state index contributed by atoms with van der Waals surface area (Å²) < 4.78 is 5.35. The van der Waals surface area contributed by atoms with Crippen molar-refractivity contribution in [2.75, 3.05) is 46.9 Å². The van der Waals surface area contributed by atoms with Crippen LogP contribution in [0.2, 0.25) is 5.02 Å². The van der Waals surface area contributed by atoms with Gasteiger partial charge in [0, 0.05) is 31.3 Å². The van der Waals surface area contributed by atoms with Crippen LogP contribution in [0.4, 0.5) is 0 Å². The van der Waals surface area contributed by atoms with Crippen molar-refractivity contribution in [3.8, 4) is 0 Å². The maximum atomic E-state index is 5.99. The molecule has 0 aromatic heterocycles. The zero-order valence-electron chi connectivity index (χ0n) is 15.3. The van der Waals surface area contributed by atoms with Crippen LogP contribution in [0, 0.1) is 0 Å². The van der Waals surface area contributed by atoms with E-state index in [-0.39, 0.29) is 6.04 Å². The molecule has 1 aromatic rings. The van der Waals surface area contributed by atoms with E-state index in [0.717, 1.165) is 43.7 Å². The first kappa shape index (κ1) is 20.7. The number of hydrogen-bond acceptors (Lipinski definition) is 3. The van der Waals surface area contributed by atoms with E-state index in [2.05, 4.69) is 48.7 Å². The summed E-state index contributed by atoms with van der Waals surface area (Å²) in [7, 11) is 4.13. The summed E-state index contributed by atoms with van der Waals surface area (Å²) >= 11 is 5.99. The lowest BCUT2D eigenvalue weighted by Gasteiger charge is -2.24. The average Bonchev–Trinajstić information content (AvgIpc) is 2.56. The highest BCUT2D eigenvalue weighted by Gasteiger charge is 2.14. The van der Waals surface area contributed by atoms with Gasteiger partial charge in [0.2, 0.25) is 0 Å². The maximum absolute atomic E-state index is 5.99. The summed E-state index contributed by atoms with van der Waals surface area (Å²) in [6.07, 6.45) is 0.965. The molecule has 0 saturated heterocycles. The predicted molar refractivity (Wildman–Crippen MR) is 103 cm³/mol. The van der Waals surface area contributed by atoms with E-state index in [0.29, 0.717) is 6.54 Å². The van der Waals surface area contributed by atoms with Crippen LogP contribution in [0.25, 0.3) is 0 Å². The molecule has 0 saturated carbocycles. The minimum absolute atomic E-state index is 0.209. The maximum Gasteiger partial charge on any atom is 0.191 e. The van der Waals surface area contributed by atoms with E-state index in [1.54, 1.807) is 0 Å². The molecule has 0 aliphatic heterocycles. The number of nitrogens with one attached hydrogen (secondary N) is 2. The van der Waals surface area contributed by atoms with E-state index in [9.17, 15) is 0 Å². The number of halogens is 1. The topological polar surface area (TPSA) is 48.9 Å². The number of guanidine groups is 1. The lowest BCUT2D eigenvalue weighted by atomic mass is 10.1. The highest BCUT2D eigenvalue weighted by Crippen LogP contribution is 2.20. The Labute approximate surface area is 151 Å². The minimum Gasteiger partial charge on any atom is -0.382 e. The van der Waals surface area contributed by atoms with Crippen molar-refractivity contribution in [2.45, 2.75) is 26.3 Å². The Morgan fingerprint density at radius 3 is 2.50 bits per heavy atom. The molecule has 0 fully saturated rings.